The highest BCUT2D eigenvalue weighted by Crippen LogP contribution is 2.25. The SMILES string of the molecule is CC(C)C[C@@H](C(=O)O)N1CSC(=S)N(C(=O)c2ccco2)C1. The first-order chi connectivity index (χ1) is 10.4. The van der Waals surface area contributed by atoms with Crippen molar-refractivity contribution in [1.29, 1.82) is 0 Å². The number of thioether (sulfide) groups is 1. The van der Waals surface area contributed by atoms with Crippen LogP contribution >= 0.6 is 24.0 Å². The maximum Gasteiger partial charge on any atom is 0.321 e. The van der Waals surface area contributed by atoms with E-state index in [1.165, 1.54) is 22.9 Å². The average Bonchev–Trinajstić information content (AvgIpc) is 2.98. The lowest BCUT2D eigenvalue weighted by molar-refractivity contribution is -0.144. The van der Waals surface area contributed by atoms with Crippen LogP contribution in [0.1, 0.15) is 30.8 Å². The molecule has 1 aromatic heterocycles. The first kappa shape index (κ1) is 17.0. The van der Waals surface area contributed by atoms with E-state index in [2.05, 4.69) is 0 Å². The van der Waals surface area contributed by atoms with Crippen LogP contribution in [0.2, 0.25) is 0 Å². The van der Waals surface area contributed by atoms with Gasteiger partial charge in [-0.05, 0) is 24.5 Å². The van der Waals surface area contributed by atoms with Gasteiger partial charge < -0.3 is 9.52 Å². The van der Waals surface area contributed by atoms with Gasteiger partial charge in [0.2, 0.25) is 0 Å². The Labute approximate surface area is 138 Å². The molecule has 1 saturated heterocycles. The summed E-state index contributed by atoms with van der Waals surface area (Å²) in [5, 5.41) is 9.44. The normalized spacial score (nSPS) is 17.8. The highest BCUT2D eigenvalue weighted by molar-refractivity contribution is 8.23. The second-order valence-corrected chi connectivity index (χ2v) is 7.04. The summed E-state index contributed by atoms with van der Waals surface area (Å²) in [7, 11) is 0. The van der Waals surface area contributed by atoms with Crippen molar-refractivity contribution in [3.8, 4) is 0 Å². The Kier molecular flexibility index (Phi) is 5.60. The van der Waals surface area contributed by atoms with Crippen molar-refractivity contribution in [3.63, 3.8) is 0 Å². The van der Waals surface area contributed by atoms with Crippen LogP contribution in [0.25, 0.3) is 0 Å². The van der Waals surface area contributed by atoms with Crippen LogP contribution in [0.5, 0.6) is 0 Å². The van der Waals surface area contributed by atoms with E-state index < -0.39 is 12.0 Å². The van der Waals surface area contributed by atoms with Crippen LogP contribution in [-0.4, -0.2) is 49.7 Å². The van der Waals surface area contributed by atoms with E-state index in [1.807, 2.05) is 13.8 Å². The Morgan fingerprint density at radius 2 is 2.23 bits per heavy atom. The van der Waals surface area contributed by atoms with Crippen LogP contribution in [-0.2, 0) is 4.79 Å². The molecule has 0 bridgehead atoms. The number of hydrogen-bond donors (Lipinski definition) is 1. The van der Waals surface area contributed by atoms with Gasteiger partial charge in [-0.2, -0.15) is 0 Å². The van der Waals surface area contributed by atoms with Gasteiger partial charge in [0.15, 0.2) is 5.76 Å². The van der Waals surface area contributed by atoms with E-state index in [0.717, 1.165) is 0 Å². The lowest BCUT2D eigenvalue weighted by Gasteiger charge is -2.38. The minimum Gasteiger partial charge on any atom is -0.480 e. The summed E-state index contributed by atoms with van der Waals surface area (Å²) in [6, 6.07) is 2.56. The summed E-state index contributed by atoms with van der Waals surface area (Å²) in [4.78, 5) is 27.0. The molecular formula is C14H18N2O4S2. The fourth-order valence-corrected chi connectivity index (χ4v) is 3.35. The predicted octanol–water partition coefficient (Wildman–Crippen LogP) is 2.47. The molecule has 1 aromatic rings. The quantitative estimate of drug-likeness (QED) is 0.824. The number of furan rings is 1. The van der Waals surface area contributed by atoms with Gasteiger partial charge in [-0.1, -0.05) is 37.8 Å². The number of nitrogens with zero attached hydrogens (tertiary/aromatic N) is 2. The number of carbonyl (C=O) groups is 2. The molecule has 22 heavy (non-hydrogen) atoms. The summed E-state index contributed by atoms with van der Waals surface area (Å²) in [6.07, 6.45) is 1.94. The van der Waals surface area contributed by atoms with E-state index in [4.69, 9.17) is 16.6 Å². The highest BCUT2D eigenvalue weighted by Gasteiger charge is 2.35. The molecule has 0 aliphatic carbocycles. The molecule has 8 heteroatoms. The van der Waals surface area contributed by atoms with E-state index >= 15 is 0 Å². The van der Waals surface area contributed by atoms with Gasteiger partial charge in [0.25, 0.3) is 5.91 Å². The number of carboxylic acids is 1. The smallest absolute Gasteiger partial charge is 0.321 e. The monoisotopic (exact) mass is 342 g/mol. The summed E-state index contributed by atoms with van der Waals surface area (Å²) in [5.41, 5.74) is 0. The van der Waals surface area contributed by atoms with Gasteiger partial charge in [-0.3, -0.25) is 19.4 Å². The minimum atomic E-state index is -0.882. The maximum absolute atomic E-state index is 12.4. The summed E-state index contributed by atoms with van der Waals surface area (Å²) < 4.78 is 5.55. The highest BCUT2D eigenvalue weighted by atomic mass is 32.2. The van der Waals surface area contributed by atoms with Crippen molar-refractivity contribution in [2.45, 2.75) is 26.3 Å². The molecule has 1 atom stereocenters. The van der Waals surface area contributed by atoms with Crippen LogP contribution in [0.15, 0.2) is 22.8 Å². The van der Waals surface area contributed by atoms with Gasteiger partial charge >= 0.3 is 5.97 Å². The Balaban J connectivity index is 2.14. The molecule has 120 valence electrons. The lowest BCUT2D eigenvalue weighted by atomic mass is 10.0. The van der Waals surface area contributed by atoms with E-state index in [1.54, 1.807) is 17.0 Å². The van der Waals surface area contributed by atoms with Crippen molar-refractivity contribution in [3.05, 3.63) is 24.2 Å². The molecule has 1 aliphatic rings. The van der Waals surface area contributed by atoms with Crippen molar-refractivity contribution < 1.29 is 19.1 Å². The van der Waals surface area contributed by atoms with Crippen molar-refractivity contribution in [2.24, 2.45) is 5.92 Å². The van der Waals surface area contributed by atoms with Crippen LogP contribution in [0.3, 0.4) is 0 Å². The lowest BCUT2D eigenvalue weighted by Crippen LogP contribution is -2.53. The summed E-state index contributed by atoms with van der Waals surface area (Å²) in [5.74, 6) is -0.326. The molecule has 2 heterocycles. The zero-order chi connectivity index (χ0) is 16.3. The maximum atomic E-state index is 12.4. The number of carbonyl (C=O) groups excluding carboxylic acids is 1. The largest absolute Gasteiger partial charge is 0.480 e. The number of rotatable bonds is 5. The molecule has 0 radical (unpaired) electrons. The number of amides is 1. The van der Waals surface area contributed by atoms with Gasteiger partial charge in [0.05, 0.1) is 18.8 Å². The topological polar surface area (TPSA) is 74.0 Å². The fraction of sp³-hybridized carbons (Fsp3) is 0.500. The number of hydrogen-bond acceptors (Lipinski definition) is 6. The van der Waals surface area contributed by atoms with E-state index in [9.17, 15) is 14.7 Å². The van der Waals surface area contributed by atoms with Gasteiger partial charge in [-0.25, -0.2) is 0 Å². The second-order valence-electron chi connectivity index (χ2n) is 5.46. The number of aliphatic carboxylic acids is 1. The molecule has 1 amide bonds. The fourth-order valence-electron chi connectivity index (χ4n) is 2.22. The van der Waals surface area contributed by atoms with E-state index in [0.29, 0.717) is 16.6 Å². The third kappa shape index (κ3) is 3.88. The zero-order valence-electron chi connectivity index (χ0n) is 12.4. The van der Waals surface area contributed by atoms with E-state index in [-0.39, 0.29) is 24.3 Å². The number of carboxylic acid groups (broad SMARTS) is 1. The summed E-state index contributed by atoms with van der Waals surface area (Å²) in [6.45, 7) is 4.11. The second kappa shape index (κ2) is 7.26. The first-order valence-electron chi connectivity index (χ1n) is 6.89. The zero-order valence-corrected chi connectivity index (χ0v) is 14.0. The Bertz CT molecular complexity index is 559. The Morgan fingerprint density at radius 3 is 2.77 bits per heavy atom. The predicted molar refractivity (Wildman–Crippen MR) is 87.5 cm³/mol. The van der Waals surface area contributed by atoms with Crippen molar-refractivity contribution >= 4 is 40.2 Å². The molecule has 1 N–H and O–H groups in total. The summed E-state index contributed by atoms with van der Waals surface area (Å²) >= 11 is 6.51. The molecule has 1 aliphatic heterocycles. The molecule has 1 fully saturated rings. The molecule has 2 rings (SSSR count). The number of thiocarbonyl (C=S) groups is 1. The molecular weight excluding hydrogens is 324 g/mol. The Morgan fingerprint density at radius 1 is 1.50 bits per heavy atom. The Hall–Kier alpha value is -1.38. The molecule has 0 unspecified atom stereocenters. The van der Waals surface area contributed by atoms with Gasteiger partial charge in [0.1, 0.15) is 10.4 Å². The van der Waals surface area contributed by atoms with Crippen LogP contribution in [0, 0.1) is 5.92 Å². The van der Waals surface area contributed by atoms with Gasteiger partial charge in [0, 0.05) is 0 Å². The standard InChI is InChI=1S/C14H18N2O4S2/c1-9(2)6-10(13(18)19)15-7-16(14(21)22-8-15)12(17)11-4-3-5-20-11/h3-5,9-10H,6-8H2,1-2H3,(H,18,19)/t10-/m0/s1. The third-order valence-corrected chi connectivity index (χ3v) is 4.80. The van der Waals surface area contributed by atoms with Crippen molar-refractivity contribution in [2.75, 3.05) is 12.5 Å². The van der Waals surface area contributed by atoms with Gasteiger partial charge in [-0.15, -0.1) is 0 Å². The molecule has 0 saturated carbocycles. The van der Waals surface area contributed by atoms with Crippen LogP contribution in [0.4, 0.5) is 0 Å². The average molecular weight is 342 g/mol. The first-order valence-corrected chi connectivity index (χ1v) is 8.28. The molecule has 0 aromatic carbocycles. The molecule has 6 nitrogen and oxygen atoms in total. The minimum absolute atomic E-state index is 0.162. The van der Waals surface area contributed by atoms with Crippen molar-refractivity contribution in [1.82, 2.24) is 9.80 Å². The third-order valence-electron chi connectivity index (χ3n) is 3.29. The molecule has 0 spiro atoms. The van der Waals surface area contributed by atoms with Crippen LogP contribution < -0.4 is 0 Å².